The van der Waals surface area contributed by atoms with Crippen LogP contribution in [0.3, 0.4) is 0 Å². The van der Waals surface area contributed by atoms with Gasteiger partial charge in [-0.2, -0.15) is 0 Å². The maximum atomic E-state index is 5.87. The van der Waals surface area contributed by atoms with Crippen molar-refractivity contribution in [3.05, 3.63) is 29.3 Å². The smallest absolute Gasteiger partial charge is 0.171 e. The summed E-state index contributed by atoms with van der Waals surface area (Å²) in [5.41, 5.74) is 1.04. The van der Waals surface area contributed by atoms with Gasteiger partial charge in [0.25, 0.3) is 0 Å². The Bertz CT molecular complexity index is 444. The van der Waals surface area contributed by atoms with Crippen LogP contribution >= 0.6 is 23.8 Å². The van der Waals surface area contributed by atoms with Crippen molar-refractivity contribution in [3.63, 3.8) is 0 Å². The summed E-state index contributed by atoms with van der Waals surface area (Å²) in [5, 5.41) is 8.11. The Kier molecular flexibility index (Phi) is 5.64. The molecule has 0 heterocycles. The van der Waals surface area contributed by atoms with Gasteiger partial charge in [-0.05, 0) is 55.7 Å². The second-order valence-corrected chi connectivity index (χ2v) is 6.16. The van der Waals surface area contributed by atoms with Crippen LogP contribution in [0.25, 0.3) is 0 Å². The first-order valence-corrected chi connectivity index (χ1v) is 7.76. The minimum Gasteiger partial charge on any atom is -0.385 e. The van der Waals surface area contributed by atoms with E-state index in [2.05, 4.69) is 10.6 Å². The van der Waals surface area contributed by atoms with E-state index in [1.807, 2.05) is 24.3 Å². The van der Waals surface area contributed by atoms with Gasteiger partial charge in [-0.25, -0.2) is 0 Å². The fraction of sp³-hybridized carbons (Fsp3) is 0.533. The lowest BCUT2D eigenvalue weighted by molar-refractivity contribution is 0.163. The first-order chi connectivity index (χ1) is 9.63. The van der Waals surface area contributed by atoms with Crippen LogP contribution in [0.15, 0.2) is 24.3 Å². The monoisotopic (exact) mass is 312 g/mol. The summed E-state index contributed by atoms with van der Waals surface area (Å²) >= 11 is 11.3. The predicted molar refractivity (Wildman–Crippen MR) is 88.5 cm³/mol. The molecule has 20 heavy (non-hydrogen) atoms. The molecule has 0 saturated heterocycles. The highest BCUT2D eigenvalue weighted by atomic mass is 35.5. The quantitative estimate of drug-likeness (QED) is 0.806. The van der Waals surface area contributed by atoms with Crippen LogP contribution in [0.1, 0.15) is 32.1 Å². The average Bonchev–Trinajstić information content (AvgIpc) is 2.88. The lowest BCUT2D eigenvalue weighted by Gasteiger charge is -2.31. The number of ether oxygens (including phenoxy) is 1. The van der Waals surface area contributed by atoms with Gasteiger partial charge < -0.3 is 15.4 Å². The fourth-order valence-corrected chi connectivity index (χ4v) is 3.18. The van der Waals surface area contributed by atoms with Gasteiger partial charge in [-0.1, -0.05) is 24.4 Å². The zero-order chi connectivity index (χ0) is 14.4. The Morgan fingerprint density at radius 3 is 2.55 bits per heavy atom. The Morgan fingerprint density at radius 1 is 1.30 bits per heavy atom. The molecular formula is C15H21ClN2OS. The predicted octanol–water partition coefficient (Wildman–Crippen LogP) is 3.98. The molecule has 0 radical (unpaired) electrons. The minimum atomic E-state index is 0.0898. The number of hydrogen-bond donors (Lipinski definition) is 2. The second-order valence-electron chi connectivity index (χ2n) is 5.32. The van der Waals surface area contributed by atoms with Gasteiger partial charge in [0.05, 0.1) is 0 Å². The van der Waals surface area contributed by atoms with Crippen molar-refractivity contribution in [2.75, 3.05) is 19.0 Å². The maximum Gasteiger partial charge on any atom is 0.171 e. The molecule has 3 nitrogen and oxygen atoms in total. The number of anilines is 1. The highest BCUT2D eigenvalue weighted by molar-refractivity contribution is 7.80. The molecule has 0 amide bonds. The number of thiocarbonyl (C=S) groups is 1. The molecule has 1 aliphatic carbocycles. The zero-order valence-corrected chi connectivity index (χ0v) is 13.3. The number of rotatable bonds is 5. The molecule has 0 bridgehead atoms. The molecule has 2 N–H and O–H groups in total. The largest absolute Gasteiger partial charge is 0.385 e. The van der Waals surface area contributed by atoms with Crippen molar-refractivity contribution in [3.8, 4) is 0 Å². The molecule has 1 aromatic rings. The number of nitrogens with one attached hydrogen (secondary N) is 2. The molecule has 5 heteroatoms. The van der Waals surface area contributed by atoms with E-state index >= 15 is 0 Å². The third-order valence-corrected chi connectivity index (χ3v) is 4.28. The Hall–Kier alpha value is -0.840. The molecule has 0 atom stereocenters. The van der Waals surface area contributed by atoms with Crippen molar-refractivity contribution in [2.24, 2.45) is 0 Å². The highest BCUT2D eigenvalue weighted by Gasteiger charge is 2.33. The average molecular weight is 313 g/mol. The number of benzene rings is 1. The maximum absolute atomic E-state index is 5.87. The molecule has 0 aromatic heterocycles. The molecule has 1 aromatic carbocycles. The van der Waals surface area contributed by atoms with Crippen molar-refractivity contribution >= 4 is 34.6 Å². The first kappa shape index (κ1) is 15.5. The van der Waals surface area contributed by atoms with E-state index in [1.165, 1.54) is 12.8 Å². The van der Waals surface area contributed by atoms with Gasteiger partial charge in [-0.3, -0.25) is 0 Å². The molecule has 2 rings (SSSR count). The molecule has 1 fully saturated rings. The number of halogens is 1. The van der Waals surface area contributed by atoms with E-state index in [0.29, 0.717) is 5.11 Å². The summed E-state index contributed by atoms with van der Waals surface area (Å²) in [6, 6.07) is 7.55. The van der Waals surface area contributed by atoms with Gasteiger partial charge in [0.15, 0.2) is 5.11 Å². The van der Waals surface area contributed by atoms with Gasteiger partial charge in [-0.15, -0.1) is 0 Å². The summed E-state index contributed by atoms with van der Waals surface area (Å²) in [6.45, 7) is 0.760. The third-order valence-electron chi connectivity index (χ3n) is 3.83. The van der Waals surface area contributed by atoms with Crippen LogP contribution in [0.2, 0.25) is 5.02 Å². The van der Waals surface area contributed by atoms with Crippen LogP contribution in [-0.2, 0) is 4.74 Å². The summed E-state index contributed by atoms with van der Waals surface area (Å²) in [5.74, 6) is 0. The molecule has 1 aliphatic rings. The van der Waals surface area contributed by atoms with Crippen LogP contribution < -0.4 is 10.6 Å². The zero-order valence-electron chi connectivity index (χ0n) is 11.7. The van der Waals surface area contributed by atoms with E-state index in [0.717, 1.165) is 36.6 Å². The summed E-state index contributed by atoms with van der Waals surface area (Å²) in [6.07, 6.45) is 5.80. The Labute approximate surface area is 131 Å². The van der Waals surface area contributed by atoms with E-state index < -0.39 is 0 Å². The van der Waals surface area contributed by atoms with Crippen molar-refractivity contribution in [1.29, 1.82) is 0 Å². The molecule has 0 aliphatic heterocycles. The van der Waals surface area contributed by atoms with Crippen LogP contribution in [0.4, 0.5) is 5.69 Å². The third kappa shape index (κ3) is 4.33. The van der Waals surface area contributed by atoms with Crippen molar-refractivity contribution < 1.29 is 4.74 Å². The van der Waals surface area contributed by atoms with Gasteiger partial charge in [0.2, 0.25) is 0 Å². The molecule has 1 saturated carbocycles. The number of hydrogen-bond acceptors (Lipinski definition) is 2. The van der Waals surface area contributed by atoms with Gasteiger partial charge >= 0.3 is 0 Å². The van der Waals surface area contributed by atoms with Crippen LogP contribution in [-0.4, -0.2) is 24.4 Å². The van der Waals surface area contributed by atoms with Crippen molar-refractivity contribution in [1.82, 2.24) is 5.32 Å². The Balaban J connectivity index is 1.93. The molecular weight excluding hydrogens is 292 g/mol. The Morgan fingerprint density at radius 2 is 1.95 bits per heavy atom. The lowest BCUT2D eigenvalue weighted by Crippen LogP contribution is -2.48. The highest BCUT2D eigenvalue weighted by Crippen LogP contribution is 2.32. The van der Waals surface area contributed by atoms with Crippen LogP contribution in [0.5, 0.6) is 0 Å². The van der Waals surface area contributed by atoms with E-state index in [-0.39, 0.29) is 5.54 Å². The fourth-order valence-electron chi connectivity index (χ4n) is 2.72. The summed E-state index contributed by atoms with van der Waals surface area (Å²) < 4.78 is 5.22. The summed E-state index contributed by atoms with van der Waals surface area (Å²) in [4.78, 5) is 0. The normalized spacial score (nSPS) is 16.9. The molecule has 0 spiro atoms. The first-order valence-electron chi connectivity index (χ1n) is 6.97. The number of methoxy groups -OCH3 is 1. The standard InChI is InChI=1S/C15H21ClN2OS/c1-19-11-10-15(8-2-3-9-15)18-14(20)17-13-6-4-12(16)5-7-13/h4-7H,2-3,8-11H2,1H3,(H2,17,18,20). The minimum absolute atomic E-state index is 0.0898. The van der Waals surface area contributed by atoms with Gasteiger partial charge in [0.1, 0.15) is 0 Å². The lowest BCUT2D eigenvalue weighted by atomic mass is 9.94. The van der Waals surface area contributed by atoms with E-state index in [4.69, 9.17) is 28.6 Å². The summed E-state index contributed by atoms with van der Waals surface area (Å²) in [7, 11) is 1.74. The molecule has 0 unspecified atom stereocenters. The SMILES string of the molecule is COCCC1(NC(=S)Nc2ccc(Cl)cc2)CCCC1. The van der Waals surface area contributed by atoms with E-state index in [1.54, 1.807) is 7.11 Å². The van der Waals surface area contributed by atoms with Gasteiger partial charge in [0, 0.05) is 30.0 Å². The van der Waals surface area contributed by atoms with E-state index in [9.17, 15) is 0 Å². The second kappa shape index (κ2) is 7.25. The van der Waals surface area contributed by atoms with Crippen LogP contribution in [0, 0.1) is 0 Å². The topological polar surface area (TPSA) is 33.3 Å². The van der Waals surface area contributed by atoms with Crippen molar-refractivity contribution in [2.45, 2.75) is 37.6 Å². The molecule has 110 valence electrons.